The van der Waals surface area contributed by atoms with Crippen molar-refractivity contribution in [1.29, 1.82) is 0 Å². The van der Waals surface area contributed by atoms with Crippen molar-refractivity contribution in [2.45, 2.75) is 32.4 Å². The van der Waals surface area contributed by atoms with Crippen LogP contribution in [0, 0.1) is 0 Å². The maximum Gasteiger partial charge on any atom is 0.222 e. The fourth-order valence-electron chi connectivity index (χ4n) is 3.52. The number of nitrogens with one attached hydrogen (secondary N) is 1. The summed E-state index contributed by atoms with van der Waals surface area (Å²) in [5, 5.41) is 3.10. The fourth-order valence-corrected chi connectivity index (χ4v) is 3.52. The Morgan fingerprint density at radius 2 is 1.90 bits per heavy atom. The minimum Gasteiger partial charge on any atom is -0.490 e. The molecule has 2 heterocycles. The summed E-state index contributed by atoms with van der Waals surface area (Å²) in [5.41, 5.74) is 9.03. The lowest BCUT2D eigenvalue weighted by atomic mass is 10.1. The van der Waals surface area contributed by atoms with Crippen LogP contribution >= 0.6 is 0 Å². The summed E-state index contributed by atoms with van der Waals surface area (Å²) in [7, 11) is 0. The Kier molecular flexibility index (Phi) is 5.84. The second kappa shape index (κ2) is 8.86. The van der Waals surface area contributed by atoms with Crippen molar-refractivity contribution in [1.82, 2.24) is 4.90 Å². The second-order valence-electron chi connectivity index (χ2n) is 7.28. The van der Waals surface area contributed by atoms with E-state index in [9.17, 15) is 4.79 Å². The summed E-state index contributed by atoms with van der Waals surface area (Å²) in [4.78, 5) is 18.2. The van der Waals surface area contributed by atoms with Gasteiger partial charge in [-0.25, -0.2) is 4.99 Å². The number of hydrogen-bond acceptors (Lipinski definition) is 4. The van der Waals surface area contributed by atoms with E-state index in [1.165, 1.54) is 0 Å². The van der Waals surface area contributed by atoms with Crippen LogP contribution in [0.25, 0.3) is 0 Å². The number of guanidine groups is 1. The molecule has 2 aliphatic rings. The highest BCUT2D eigenvalue weighted by Gasteiger charge is 2.19. The molecule has 3 N–H and O–H groups in total. The van der Waals surface area contributed by atoms with Crippen molar-refractivity contribution in [2.75, 3.05) is 25.1 Å². The number of nitrogens with zero attached hydrogens (tertiary/aromatic N) is 2. The van der Waals surface area contributed by atoms with Crippen LogP contribution in [0.5, 0.6) is 11.5 Å². The zero-order valence-electron chi connectivity index (χ0n) is 16.4. The molecule has 0 aliphatic carbocycles. The summed E-state index contributed by atoms with van der Waals surface area (Å²) in [6.07, 6.45) is 2.48. The van der Waals surface area contributed by atoms with E-state index in [1.54, 1.807) is 0 Å². The molecule has 0 saturated carbocycles. The van der Waals surface area contributed by atoms with Crippen LogP contribution in [0.15, 0.2) is 47.5 Å². The Morgan fingerprint density at radius 3 is 2.72 bits per heavy atom. The second-order valence-corrected chi connectivity index (χ2v) is 7.28. The monoisotopic (exact) mass is 394 g/mol. The number of carbonyl (C=O) groups excluding carboxylic acids is 1. The van der Waals surface area contributed by atoms with Gasteiger partial charge in [-0.1, -0.05) is 24.3 Å². The van der Waals surface area contributed by atoms with Gasteiger partial charge >= 0.3 is 0 Å². The maximum absolute atomic E-state index is 11.8. The molecule has 2 aliphatic heterocycles. The predicted molar refractivity (Wildman–Crippen MR) is 112 cm³/mol. The fraction of sp³-hybridized carbons (Fsp3) is 0.364. The molecule has 0 unspecified atom stereocenters. The molecular weight excluding hydrogens is 368 g/mol. The lowest BCUT2D eigenvalue weighted by Gasteiger charge is -2.15. The first-order valence-electron chi connectivity index (χ1n) is 9.99. The molecule has 152 valence electrons. The number of rotatable bonds is 5. The molecule has 1 amide bonds. The molecule has 7 heteroatoms. The highest BCUT2D eigenvalue weighted by atomic mass is 16.5. The molecule has 2 aromatic rings. The highest BCUT2D eigenvalue weighted by molar-refractivity contribution is 5.92. The van der Waals surface area contributed by atoms with Gasteiger partial charge in [-0.05, 0) is 29.7 Å². The summed E-state index contributed by atoms with van der Waals surface area (Å²) in [6.45, 7) is 3.26. The van der Waals surface area contributed by atoms with Gasteiger partial charge in [0.2, 0.25) is 5.91 Å². The molecule has 4 rings (SSSR count). The normalized spacial score (nSPS) is 16.6. The number of carbonyl (C=O) groups is 1. The average molecular weight is 394 g/mol. The van der Waals surface area contributed by atoms with Gasteiger partial charge < -0.3 is 25.4 Å². The van der Waals surface area contributed by atoms with E-state index < -0.39 is 0 Å². The number of amides is 1. The number of likely N-dealkylation sites (tertiary alicyclic amines) is 1. The third-order valence-electron chi connectivity index (χ3n) is 4.99. The van der Waals surface area contributed by atoms with Crippen LogP contribution in [0.1, 0.15) is 30.4 Å². The van der Waals surface area contributed by atoms with E-state index in [-0.39, 0.29) is 5.91 Å². The minimum atomic E-state index is 0.233. The highest BCUT2D eigenvalue weighted by Crippen LogP contribution is 2.32. The molecule has 0 spiro atoms. The van der Waals surface area contributed by atoms with Crippen LogP contribution in [-0.2, 0) is 17.9 Å². The third kappa shape index (κ3) is 4.99. The Balaban J connectivity index is 1.37. The van der Waals surface area contributed by atoms with Crippen LogP contribution < -0.4 is 20.5 Å². The van der Waals surface area contributed by atoms with E-state index in [1.807, 2.05) is 41.3 Å². The predicted octanol–water partition coefficient (Wildman–Crippen LogP) is 2.90. The lowest BCUT2D eigenvalue weighted by molar-refractivity contribution is -0.128. The lowest BCUT2D eigenvalue weighted by Crippen LogP contribution is -2.24. The molecule has 0 radical (unpaired) electrons. The van der Waals surface area contributed by atoms with Crippen molar-refractivity contribution < 1.29 is 14.3 Å². The molecule has 29 heavy (non-hydrogen) atoms. The van der Waals surface area contributed by atoms with Gasteiger partial charge in [-0.15, -0.1) is 0 Å². The van der Waals surface area contributed by atoms with E-state index in [2.05, 4.69) is 16.4 Å². The number of nitrogens with two attached hydrogens (primary N) is 1. The Labute approximate surface area is 170 Å². The molecule has 0 atom stereocenters. The summed E-state index contributed by atoms with van der Waals surface area (Å²) >= 11 is 0. The standard InChI is InChI=1S/C22H26N4O3/c23-22(25-18-7-8-19-20(13-18)29-11-3-10-28-19)24-14-16-4-1-5-17(12-16)15-26-9-2-6-21(26)27/h1,4-5,7-8,12-13H,2-3,6,9-11,14-15H2,(H3,23,24,25). The van der Waals surface area contributed by atoms with Crippen molar-refractivity contribution in [2.24, 2.45) is 10.7 Å². The Bertz CT molecular complexity index is 913. The smallest absolute Gasteiger partial charge is 0.222 e. The SMILES string of the molecule is NC(=NCc1cccc(CN2CCCC2=O)c1)Nc1ccc2c(c1)OCCCO2. The summed E-state index contributed by atoms with van der Waals surface area (Å²) in [6, 6.07) is 13.8. The number of benzene rings is 2. The topological polar surface area (TPSA) is 89.2 Å². The van der Waals surface area contributed by atoms with Crippen molar-refractivity contribution in [3.8, 4) is 11.5 Å². The number of aliphatic imine (C=N–C) groups is 1. The molecule has 1 fully saturated rings. The minimum absolute atomic E-state index is 0.233. The van der Waals surface area contributed by atoms with E-state index >= 15 is 0 Å². The van der Waals surface area contributed by atoms with Gasteiger partial charge in [-0.3, -0.25) is 4.79 Å². The van der Waals surface area contributed by atoms with Crippen molar-refractivity contribution in [3.05, 3.63) is 53.6 Å². The van der Waals surface area contributed by atoms with E-state index in [0.717, 1.165) is 42.0 Å². The van der Waals surface area contributed by atoms with Crippen LogP contribution in [0.2, 0.25) is 0 Å². The molecular formula is C22H26N4O3. The number of ether oxygens (including phenoxy) is 2. The van der Waals surface area contributed by atoms with E-state index in [0.29, 0.717) is 44.4 Å². The van der Waals surface area contributed by atoms with Gasteiger partial charge in [0, 0.05) is 37.7 Å². The first-order valence-corrected chi connectivity index (χ1v) is 9.99. The number of hydrogen-bond donors (Lipinski definition) is 2. The third-order valence-corrected chi connectivity index (χ3v) is 4.99. The molecule has 0 aromatic heterocycles. The van der Waals surface area contributed by atoms with Gasteiger partial charge in [0.25, 0.3) is 0 Å². The molecule has 1 saturated heterocycles. The van der Waals surface area contributed by atoms with Gasteiger partial charge in [0.05, 0.1) is 19.8 Å². The molecule has 0 bridgehead atoms. The van der Waals surface area contributed by atoms with Gasteiger partial charge in [-0.2, -0.15) is 0 Å². The van der Waals surface area contributed by atoms with Crippen molar-refractivity contribution >= 4 is 17.6 Å². The quantitative estimate of drug-likeness (QED) is 0.601. The van der Waals surface area contributed by atoms with Gasteiger partial charge in [0.1, 0.15) is 0 Å². The number of fused-ring (bicyclic) bond motifs is 1. The largest absolute Gasteiger partial charge is 0.490 e. The van der Waals surface area contributed by atoms with Crippen LogP contribution in [0.4, 0.5) is 5.69 Å². The van der Waals surface area contributed by atoms with E-state index in [4.69, 9.17) is 15.2 Å². The zero-order valence-corrected chi connectivity index (χ0v) is 16.4. The Hall–Kier alpha value is -3.22. The summed E-state index contributed by atoms with van der Waals surface area (Å²) < 4.78 is 11.3. The molecule has 2 aromatic carbocycles. The van der Waals surface area contributed by atoms with Crippen LogP contribution in [0.3, 0.4) is 0 Å². The first-order chi connectivity index (χ1) is 14.2. The first kappa shape index (κ1) is 19.1. The summed E-state index contributed by atoms with van der Waals surface area (Å²) in [5.74, 6) is 2.03. The zero-order chi connectivity index (χ0) is 20.1. The van der Waals surface area contributed by atoms with Crippen LogP contribution in [-0.4, -0.2) is 36.5 Å². The number of anilines is 1. The average Bonchev–Trinajstić information content (AvgIpc) is 2.98. The van der Waals surface area contributed by atoms with Crippen molar-refractivity contribution in [3.63, 3.8) is 0 Å². The maximum atomic E-state index is 11.8. The Morgan fingerprint density at radius 1 is 1.07 bits per heavy atom. The van der Waals surface area contributed by atoms with Gasteiger partial charge in [0.15, 0.2) is 17.5 Å². The molecule has 7 nitrogen and oxygen atoms in total.